The number of halogens is 1. The van der Waals surface area contributed by atoms with E-state index < -0.39 is 10.0 Å². The highest BCUT2D eigenvalue weighted by atomic mass is 35.5. The Kier molecular flexibility index (Phi) is 7.35. The summed E-state index contributed by atoms with van der Waals surface area (Å²) >= 11 is 5.94. The molecule has 7 nitrogen and oxygen atoms in total. The third kappa shape index (κ3) is 5.26. The summed E-state index contributed by atoms with van der Waals surface area (Å²) < 4.78 is 33.1. The van der Waals surface area contributed by atoms with Crippen molar-refractivity contribution >= 4 is 33.2 Å². The number of benzene rings is 2. The lowest BCUT2D eigenvalue weighted by atomic mass is 10.1. The van der Waals surface area contributed by atoms with Crippen molar-refractivity contribution in [2.45, 2.75) is 30.7 Å². The van der Waals surface area contributed by atoms with Crippen LogP contribution < -0.4 is 10.2 Å². The number of ether oxygens (including phenoxy) is 1. The maximum atomic E-state index is 13.2. The molecule has 9 heteroatoms. The van der Waals surface area contributed by atoms with E-state index in [1.807, 2.05) is 12.1 Å². The Morgan fingerprint density at radius 3 is 2.34 bits per heavy atom. The van der Waals surface area contributed by atoms with E-state index in [1.54, 1.807) is 24.3 Å². The van der Waals surface area contributed by atoms with E-state index in [0.29, 0.717) is 43.4 Å². The van der Waals surface area contributed by atoms with Crippen LogP contribution in [0.1, 0.15) is 35.2 Å². The first-order valence-corrected chi connectivity index (χ1v) is 12.8. The van der Waals surface area contributed by atoms with Crippen LogP contribution in [0.2, 0.25) is 5.02 Å². The zero-order chi connectivity index (χ0) is 22.6. The van der Waals surface area contributed by atoms with Gasteiger partial charge in [-0.15, -0.1) is 0 Å². The number of nitrogens with one attached hydrogen (secondary N) is 1. The first-order chi connectivity index (χ1) is 15.4. The monoisotopic (exact) mass is 477 g/mol. The second kappa shape index (κ2) is 10.2. The molecule has 0 spiro atoms. The number of nitrogens with zero attached hydrogens (tertiary/aromatic N) is 2. The Morgan fingerprint density at radius 1 is 0.969 bits per heavy atom. The molecule has 0 unspecified atom stereocenters. The molecule has 2 fully saturated rings. The predicted molar refractivity (Wildman–Crippen MR) is 125 cm³/mol. The van der Waals surface area contributed by atoms with E-state index in [9.17, 15) is 13.2 Å². The second-order valence-corrected chi connectivity index (χ2v) is 10.4. The van der Waals surface area contributed by atoms with Crippen LogP contribution in [-0.4, -0.2) is 58.0 Å². The van der Waals surface area contributed by atoms with Gasteiger partial charge in [-0.1, -0.05) is 23.7 Å². The van der Waals surface area contributed by atoms with Crippen LogP contribution in [0.25, 0.3) is 0 Å². The highest BCUT2D eigenvalue weighted by Crippen LogP contribution is 2.28. The molecule has 2 aliphatic heterocycles. The number of morpholine rings is 1. The van der Waals surface area contributed by atoms with Crippen LogP contribution >= 0.6 is 11.6 Å². The molecule has 1 amide bonds. The van der Waals surface area contributed by atoms with Gasteiger partial charge in [0.05, 0.1) is 23.7 Å². The van der Waals surface area contributed by atoms with E-state index >= 15 is 0 Å². The van der Waals surface area contributed by atoms with Gasteiger partial charge in [0.2, 0.25) is 10.0 Å². The van der Waals surface area contributed by atoms with Crippen molar-refractivity contribution < 1.29 is 17.9 Å². The Morgan fingerprint density at radius 2 is 1.66 bits per heavy atom. The molecular formula is C23H28ClN3O4S. The van der Waals surface area contributed by atoms with Crippen LogP contribution in [-0.2, 0) is 21.3 Å². The van der Waals surface area contributed by atoms with Gasteiger partial charge >= 0.3 is 0 Å². The van der Waals surface area contributed by atoms with Crippen molar-refractivity contribution in [1.29, 1.82) is 0 Å². The Hall–Kier alpha value is -2.13. The lowest BCUT2D eigenvalue weighted by molar-refractivity contribution is 0.0730. The second-order valence-electron chi connectivity index (χ2n) is 8.05. The quantitative estimate of drug-likeness (QED) is 0.690. The van der Waals surface area contributed by atoms with Gasteiger partial charge in [0.25, 0.3) is 5.91 Å². The lowest BCUT2D eigenvalue weighted by Gasteiger charge is -2.31. The number of rotatable bonds is 6. The average Bonchev–Trinajstić information content (AvgIpc) is 2.84. The molecule has 32 heavy (non-hydrogen) atoms. The minimum absolute atomic E-state index is 0.136. The van der Waals surface area contributed by atoms with Gasteiger partial charge in [0.15, 0.2) is 0 Å². The third-order valence-corrected chi connectivity index (χ3v) is 8.03. The summed E-state index contributed by atoms with van der Waals surface area (Å²) in [5, 5.41) is 3.57. The molecule has 4 rings (SSSR count). The van der Waals surface area contributed by atoms with Gasteiger partial charge in [0.1, 0.15) is 0 Å². The number of hydrogen-bond donors (Lipinski definition) is 1. The zero-order valence-electron chi connectivity index (χ0n) is 17.9. The molecular weight excluding hydrogens is 450 g/mol. The molecule has 0 saturated carbocycles. The van der Waals surface area contributed by atoms with Crippen LogP contribution in [0.4, 0.5) is 5.69 Å². The number of hydrogen-bond acceptors (Lipinski definition) is 5. The summed E-state index contributed by atoms with van der Waals surface area (Å²) in [4.78, 5) is 15.5. The molecule has 0 atom stereocenters. The fourth-order valence-corrected chi connectivity index (χ4v) is 5.64. The molecule has 0 aromatic heterocycles. The summed E-state index contributed by atoms with van der Waals surface area (Å²) in [6.45, 7) is 3.41. The third-order valence-electron chi connectivity index (χ3n) is 5.88. The fraction of sp³-hybridized carbons (Fsp3) is 0.435. The zero-order valence-corrected chi connectivity index (χ0v) is 19.5. The normalized spacial score (nSPS) is 17.8. The van der Waals surface area contributed by atoms with Crippen LogP contribution in [0, 0.1) is 0 Å². The number of carbonyl (C=O) groups excluding carboxylic acids is 1. The topological polar surface area (TPSA) is 79.0 Å². The molecule has 0 radical (unpaired) electrons. The predicted octanol–water partition coefficient (Wildman–Crippen LogP) is 3.28. The van der Waals surface area contributed by atoms with Gasteiger partial charge in [-0.2, -0.15) is 4.31 Å². The summed E-state index contributed by atoms with van der Waals surface area (Å²) in [6.07, 6.45) is 3.28. The van der Waals surface area contributed by atoms with Crippen LogP contribution in [0.5, 0.6) is 0 Å². The van der Waals surface area contributed by atoms with E-state index in [1.165, 1.54) is 10.4 Å². The van der Waals surface area contributed by atoms with Crippen molar-refractivity contribution in [3.8, 4) is 0 Å². The molecule has 2 saturated heterocycles. The lowest BCUT2D eigenvalue weighted by Crippen LogP contribution is -2.40. The van der Waals surface area contributed by atoms with Gasteiger partial charge in [-0.05, 0) is 55.2 Å². The highest BCUT2D eigenvalue weighted by molar-refractivity contribution is 7.89. The van der Waals surface area contributed by atoms with E-state index in [-0.39, 0.29) is 10.8 Å². The maximum Gasteiger partial charge on any atom is 0.253 e. The maximum absolute atomic E-state index is 13.2. The van der Waals surface area contributed by atoms with E-state index in [2.05, 4.69) is 10.2 Å². The van der Waals surface area contributed by atoms with E-state index in [4.69, 9.17) is 16.3 Å². The number of carbonyl (C=O) groups is 1. The van der Waals surface area contributed by atoms with Crippen molar-refractivity contribution in [3.05, 3.63) is 58.6 Å². The van der Waals surface area contributed by atoms with Gasteiger partial charge < -0.3 is 15.0 Å². The van der Waals surface area contributed by atoms with Gasteiger partial charge in [-0.25, -0.2) is 8.42 Å². The summed E-state index contributed by atoms with van der Waals surface area (Å²) in [7, 11) is -3.70. The summed E-state index contributed by atoms with van der Waals surface area (Å²) in [6, 6.07) is 12.2. The van der Waals surface area contributed by atoms with Crippen molar-refractivity contribution in [1.82, 2.24) is 9.62 Å². The molecule has 1 N–H and O–H groups in total. The molecule has 2 aromatic rings. The Labute approximate surface area is 194 Å². The SMILES string of the molecule is O=C(NCc1ccc(Cl)cc1)c1cc(S(=O)(=O)N2CCOCC2)ccc1N1CCCCC1. The number of anilines is 1. The van der Waals surface area contributed by atoms with Crippen LogP contribution in [0.15, 0.2) is 47.4 Å². The largest absolute Gasteiger partial charge is 0.379 e. The van der Waals surface area contributed by atoms with Gasteiger partial charge in [-0.3, -0.25) is 4.79 Å². The van der Waals surface area contributed by atoms with Crippen molar-refractivity contribution in [2.75, 3.05) is 44.3 Å². The van der Waals surface area contributed by atoms with Crippen LogP contribution in [0.3, 0.4) is 0 Å². The Bertz CT molecular complexity index is 1050. The first-order valence-electron chi connectivity index (χ1n) is 10.9. The summed E-state index contributed by atoms with van der Waals surface area (Å²) in [5.74, 6) is -0.292. The number of sulfonamides is 1. The van der Waals surface area contributed by atoms with E-state index in [0.717, 1.165) is 43.6 Å². The molecule has 2 heterocycles. The summed E-state index contributed by atoms with van der Waals surface area (Å²) in [5.41, 5.74) is 2.08. The minimum Gasteiger partial charge on any atom is -0.379 e. The fourth-order valence-electron chi connectivity index (χ4n) is 4.08. The number of amides is 1. The number of piperidine rings is 1. The molecule has 2 aromatic carbocycles. The highest BCUT2D eigenvalue weighted by Gasteiger charge is 2.28. The Balaban J connectivity index is 1.62. The van der Waals surface area contributed by atoms with Gasteiger partial charge in [0, 0.05) is 43.4 Å². The minimum atomic E-state index is -3.70. The smallest absolute Gasteiger partial charge is 0.253 e. The average molecular weight is 478 g/mol. The van der Waals surface area contributed by atoms with Crippen molar-refractivity contribution in [2.24, 2.45) is 0 Å². The molecule has 0 bridgehead atoms. The first kappa shape index (κ1) is 23.0. The van der Waals surface area contributed by atoms with Crippen molar-refractivity contribution in [3.63, 3.8) is 0 Å². The molecule has 0 aliphatic carbocycles. The molecule has 2 aliphatic rings. The molecule has 172 valence electrons. The standard InChI is InChI=1S/C23H28ClN3O4S/c24-19-6-4-18(5-7-19)17-25-23(28)21-16-20(32(29,30)27-12-14-31-15-13-27)8-9-22(21)26-10-2-1-3-11-26/h4-9,16H,1-3,10-15,17H2,(H,25,28).